The summed E-state index contributed by atoms with van der Waals surface area (Å²) in [6.07, 6.45) is 5.11. The van der Waals surface area contributed by atoms with Crippen LogP contribution in [0.5, 0.6) is 0 Å². The molecule has 1 aromatic rings. The van der Waals surface area contributed by atoms with E-state index in [2.05, 4.69) is 4.98 Å². The van der Waals surface area contributed by atoms with E-state index in [4.69, 9.17) is 4.74 Å². The van der Waals surface area contributed by atoms with Gasteiger partial charge in [-0.05, 0) is 0 Å². The van der Waals surface area contributed by atoms with Crippen LogP contribution >= 0.6 is 0 Å². The van der Waals surface area contributed by atoms with E-state index in [9.17, 15) is 4.79 Å². The Balaban J connectivity index is 1.88. The summed E-state index contributed by atoms with van der Waals surface area (Å²) in [6.45, 7) is 3.08. The van der Waals surface area contributed by atoms with E-state index in [0.29, 0.717) is 32.8 Å². The maximum atomic E-state index is 11.7. The number of amides is 1. The summed E-state index contributed by atoms with van der Waals surface area (Å²) in [7, 11) is 0. The Morgan fingerprint density at radius 3 is 2.86 bits per heavy atom. The largest absolute Gasteiger partial charge is 0.378 e. The zero-order valence-corrected chi connectivity index (χ0v) is 7.93. The van der Waals surface area contributed by atoms with Crippen molar-refractivity contribution < 1.29 is 9.53 Å². The lowest BCUT2D eigenvalue weighted by Crippen LogP contribution is -2.42. The molecule has 1 aliphatic heterocycles. The molecule has 0 saturated carbocycles. The van der Waals surface area contributed by atoms with Crippen molar-refractivity contribution in [1.29, 1.82) is 0 Å². The lowest BCUT2D eigenvalue weighted by atomic mass is 10.4. The number of ether oxygens (including phenoxy) is 1. The molecular formula is C9H13N3O2. The summed E-state index contributed by atoms with van der Waals surface area (Å²) in [5.41, 5.74) is 0. The number of hydrogen-bond donors (Lipinski definition) is 0. The lowest BCUT2D eigenvalue weighted by molar-refractivity contribution is -0.135. The smallest absolute Gasteiger partial charge is 0.242 e. The van der Waals surface area contributed by atoms with Crippen molar-refractivity contribution in [2.75, 3.05) is 26.3 Å². The van der Waals surface area contributed by atoms with Crippen LogP contribution in [0, 0.1) is 0 Å². The van der Waals surface area contributed by atoms with Gasteiger partial charge in [-0.3, -0.25) is 4.79 Å². The number of morpholine rings is 1. The summed E-state index contributed by atoms with van der Waals surface area (Å²) < 4.78 is 6.95. The summed E-state index contributed by atoms with van der Waals surface area (Å²) in [4.78, 5) is 17.4. The molecule has 76 valence electrons. The molecule has 5 nitrogen and oxygen atoms in total. The molecule has 0 aliphatic carbocycles. The summed E-state index contributed by atoms with van der Waals surface area (Å²) in [6, 6.07) is 0. The predicted octanol–water partition coefficient (Wildman–Crippen LogP) is -0.258. The molecule has 0 unspecified atom stereocenters. The fourth-order valence-electron chi connectivity index (χ4n) is 1.45. The first-order valence-electron chi connectivity index (χ1n) is 4.67. The molecule has 0 spiro atoms. The molecule has 1 aromatic heterocycles. The van der Waals surface area contributed by atoms with Gasteiger partial charge in [-0.1, -0.05) is 0 Å². The van der Waals surface area contributed by atoms with Gasteiger partial charge in [-0.15, -0.1) is 0 Å². The van der Waals surface area contributed by atoms with Crippen molar-refractivity contribution in [2.45, 2.75) is 6.54 Å². The second-order valence-electron chi connectivity index (χ2n) is 3.23. The molecule has 14 heavy (non-hydrogen) atoms. The van der Waals surface area contributed by atoms with Gasteiger partial charge in [0.15, 0.2) is 0 Å². The van der Waals surface area contributed by atoms with Gasteiger partial charge in [0.1, 0.15) is 6.54 Å². The van der Waals surface area contributed by atoms with Crippen LogP contribution in [0.4, 0.5) is 0 Å². The van der Waals surface area contributed by atoms with E-state index in [1.807, 2.05) is 4.90 Å². The minimum Gasteiger partial charge on any atom is -0.378 e. The number of aromatic nitrogens is 2. The van der Waals surface area contributed by atoms with Crippen molar-refractivity contribution in [3.63, 3.8) is 0 Å². The van der Waals surface area contributed by atoms with Crippen LogP contribution in [-0.2, 0) is 16.1 Å². The normalized spacial score (nSPS) is 17.0. The minimum atomic E-state index is 0.131. The number of imidazole rings is 1. The third kappa shape index (κ3) is 2.11. The molecule has 1 amide bonds. The predicted molar refractivity (Wildman–Crippen MR) is 49.6 cm³/mol. The first-order chi connectivity index (χ1) is 6.86. The molecule has 1 aliphatic rings. The molecule has 2 rings (SSSR count). The number of nitrogens with zero attached hydrogens (tertiary/aromatic N) is 3. The Labute approximate surface area is 82.3 Å². The average molecular weight is 195 g/mol. The minimum absolute atomic E-state index is 0.131. The van der Waals surface area contributed by atoms with Gasteiger partial charge in [0.05, 0.1) is 19.5 Å². The first kappa shape index (κ1) is 9.21. The SMILES string of the molecule is O=C(Cn1ccnc1)N1CCOCC1. The van der Waals surface area contributed by atoms with Crippen LogP contribution in [-0.4, -0.2) is 46.7 Å². The van der Waals surface area contributed by atoms with Gasteiger partial charge in [0.25, 0.3) is 0 Å². The van der Waals surface area contributed by atoms with Crippen LogP contribution in [0.2, 0.25) is 0 Å². The van der Waals surface area contributed by atoms with E-state index in [1.165, 1.54) is 0 Å². The second-order valence-corrected chi connectivity index (χ2v) is 3.23. The van der Waals surface area contributed by atoms with E-state index in [0.717, 1.165) is 0 Å². The Hall–Kier alpha value is -1.36. The molecule has 1 saturated heterocycles. The van der Waals surface area contributed by atoms with Gasteiger partial charge in [0, 0.05) is 25.5 Å². The third-order valence-electron chi connectivity index (χ3n) is 2.24. The molecule has 2 heterocycles. The zero-order chi connectivity index (χ0) is 9.80. The fourth-order valence-corrected chi connectivity index (χ4v) is 1.45. The van der Waals surface area contributed by atoms with Gasteiger partial charge < -0.3 is 14.2 Å². The van der Waals surface area contributed by atoms with E-state index in [-0.39, 0.29) is 5.91 Å². The van der Waals surface area contributed by atoms with Crippen molar-refractivity contribution in [3.05, 3.63) is 18.7 Å². The van der Waals surface area contributed by atoms with Crippen molar-refractivity contribution in [1.82, 2.24) is 14.5 Å². The number of rotatable bonds is 2. The van der Waals surface area contributed by atoms with Crippen molar-refractivity contribution in [2.24, 2.45) is 0 Å². The van der Waals surface area contributed by atoms with Crippen LogP contribution in [0.15, 0.2) is 18.7 Å². The number of carbonyl (C=O) groups excluding carboxylic acids is 1. The van der Waals surface area contributed by atoms with Gasteiger partial charge in [-0.2, -0.15) is 0 Å². The van der Waals surface area contributed by atoms with Gasteiger partial charge >= 0.3 is 0 Å². The third-order valence-corrected chi connectivity index (χ3v) is 2.24. The topological polar surface area (TPSA) is 47.4 Å². The van der Waals surface area contributed by atoms with Gasteiger partial charge in [-0.25, -0.2) is 4.98 Å². The summed E-state index contributed by atoms with van der Waals surface area (Å²) in [5.74, 6) is 0.131. The van der Waals surface area contributed by atoms with Crippen LogP contribution in [0.3, 0.4) is 0 Å². The fraction of sp³-hybridized carbons (Fsp3) is 0.556. The Kier molecular flexibility index (Phi) is 2.78. The highest BCUT2D eigenvalue weighted by Crippen LogP contribution is 1.99. The highest BCUT2D eigenvalue weighted by atomic mass is 16.5. The average Bonchev–Trinajstić information content (AvgIpc) is 2.72. The second kappa shape index (κ2) is 4.23. The van der Waals surface area contributed by atoms with Crippen LogP contribution < -0.4 is 0 Å². The van der Waals surface area contributed by atoms with Crippen molar-refractivity contribution in [3.8, 4) is 0 Å². The van der Waals surface area contributed by atoms with Crippen molar-refractivity contribution >= 4 is 5.91 Å². The molecule has 1 fully saturated rings. The molecular weight excluding hydrogens is 182 g/mol. The van der Waals surface area contributed by atoms with E-state index >= 15 is 0 Å². The molecule has 5 heteroatoms. The number of carbonyl (C=O) groups is 1. The standard InChI is InChI=1S/C9H13N3O2/c13-9(7-11-2-1-10-8-11)12-3-5-14-6-4-12/h1-2,8H,3-7H2. The molecule has 0 bridgehead atoms. The first-order valence-corrected chi connectivity index (χ1v) is 4.67. The highest BCUT2D eigenvalue weighted by molar-refractivity contribution is 5.76. The molecule has 0 N–H and O–H groups in total. The lowest BCUT2D eigenvalue weighted by Gasteiger charge is -2.26. The number of hydrogen-bond acceptors (Lipinski definition) is 3. The zero-order valence-electron chi connectivity index (χ0n) is 7.93. The Bertz CT molecular complexity index is 291. The maximum absolute atomic E-state index is 11.7. The highest BCUT2D eigenvalue weighted by Gasteiger charge is 2.16. The monoisotopic (exact) mass is 195 g/mol. The van der Waals surface area contributed by atoms with Gasteiger partial charge in [0.2, 0.25) is 5.91 Å². The molecule has 0 atom stereocenters. The quantitative estimate of drug-likeness (QED) is 0.653. The van der Waals surface area contributed by atoms with Crippen LogP contribution in [0.25, 0.3) is 0 Å². The van der Waals surface area contributed by atoms with E-state index in [1.54, 1.807) is 23.3 Å². The van der Waals surface area contributed by atoms with E-state index < -0.39 is 0 Å². The molecule has 0 radical (unpaired) electrons. The Morgan fingerprint density at radius 2 is 2.21 bits per heavy atom. The summed E-state index contributed by atoms with van der Waals surface area (Å²) in [5, 5.41) is 0. The summed E-state index contributed by atoms with van der Waals surface area (Å²) >= 11 is 0. The van der Waals surface area contributed by atoms with Crippen LogP contribution in [0.1, 0.15) is 0 Å². The Morgan fingerprint density at radius 1 is 1.43 bits per heavy atom. The maximum Gasteiger partial charge on any atom is 0.242 e. The molecule has 0 aromatic carbocycles.